The van der Waals surface area contributed by atoms with Crippen LogP contribution >= 0.6 is 0 Å². The van der Waals surface area contributed by atoms with Gasteiger partial charge in [0.15, 0.2) is 0 Å². The molecule has 0 atom stereocenters. The summed E-state index contributed by atoms with van der Waals surface area (Å²) in [7, 11) is 0. The summed E-state index contributed by atoms with van der Waals surface area (Å²) in [6.45, 7) is 5.60. The average Bonchev–Trinajstić information content (AvgIpc) is 1.98. The zero-order valence-corrected chi connectivity index (χ0v) is 8.35. The summed E-state index contributed by atoms with van der Waals surface area (Å²) in [5.41, 5.74) is -0.645. The van der Waals surface area contributed by atoms with Crippen molar-refractivity contribution in [2.75, 3.05) is 0 Å². The lowest BCUT2D eigenvalue weighted by Crippen LogP contribution is -2.37. The molecule has 0 saturated heterocycles. The maximum absolute atomic E-state index is 10.6. The SMILES string of the molecule is CCCCCCC(C)(C)C(=O)[O-]. The third-order valence-corrected chi connectivity index (χ3v) is 2.21. The number of carbonyl (C=O) groups excluding carboxylic acids is 1. The first-order valence-electron chi connectivity index (χ1n) is 4.72. The number of carbonyl (C=O) groups is 1. The van der Waals surface area contributed by atoms with Crippen molar-refractivity contribution in [1.29, 1.82) is 0 Å². The van der Waals surface area contributed by atoms with Gasteiger partial charge in [-0.1, -0.05) is 46.5 Å². The molecule has 0 rings (SSSR count). The van der Waals surface area contributed by atoms with Crippen molar-refractivity contribution in [2.45, 2.75) is 52.9 Å². The maximum atomic E-state index is 10.6. The normalized spacial score (nSPS) is 11.6. The fraction of sp³-hybridized carbons (Fsp3) is 0.900. The van der Waals surface area contributed by atoms with E-state index in [2.05, 4.69) is 6.92 Å². The molecule has 2 heteroatoms. The molecule has 0 aliphatic carbocycles. The molecule has 0 aromatic carbocycles. The van der Waals surface area contributed by atoms with Gasteiger partial charge in [0.2, 0.25) is 0 Å². The van der Waals surface area contributed by atoms with E-state index in [1.54, 1.807) is 13.8 Å². The summed E-state index contributed by atoms with van der Waals surface area (Å²) in [4.78, 5) is 10.6. The lowest BCUT2D eigenvalue weighted by atomic mass is 9.87. The van der Waals surface area contributed by atoms with Gasteiger partial charge in [-0.05, 0) is 6.42 Å². The summed E-state index contributed by atoms with van der Waals surface area (Å²) in [6, 6.07) is 0. The zero-order chi connectivity index (χ0) is 9.61. The highest BCUT2D eigenvalue weighted by molar-refractivity contribution is 5.71. The van der Waals surface area contributed by atoms with Crippen LogP contribution in [0.2, 0.25) is 0 Å². The minimum Gasteiger partial charge on any atom is -0.550 e. The molecule has 0 fully saturated rings. The molecule has 2 nitrogen and oxygen atoms in total. The minimum absolute atomic E-state index is 0.645. The molecule has 0 bridgehead atoms. The van der Waals surface area contributed by atoms with Crippen LogP contribution in [-0.2, 0) is 4.79 Å². The Labute approximate surface area is 75.0 Å². The summed E-state index contributed by atoms with van der Waals surface area (Å²) in [5.74, 6) is -0.931. The van der Waals surface area contributed by atoms with Gasteiger partial charge in [0.25, 0.3) is 0 Å². The zero-order valence-electron chi connectivity index (χ0n) is 8.35. The fourth-order valence-electron chi connectivity index (χ4n) is 1.10. The van der Waals surface area contributed by atoms with Gasteiger partial charge in [-0.25, -0.2) is 0 Å². The third kappa shape index (κ3) is 4.37. The van der Waals surface area contributed by atoms with Crippen molar-refractivity contribution in [3.63, 3.8) is 0 Å². The van der Waals surface area contributed by atoms with E-state index in [0.29, 0.717) is 0 Å². The molecule has 0 saturated carbocycles. The van der Waals surface area contributed by atoms with Crippen LogP contribution in [0.5, 0.6) is 0 Å². The summed E-state index contributed by atoms with van der Waals surface area (Å²) < 4.78 is 0. The molecule has 12 heavy (non-hydrogen) atoms. The van der Waals surface area contributed by atoms with Crippen LogP contribution in [0.1, 0.15) is 52.9 Å². The number of rotatable bonds is 6. The Morgan fingerprint density at radius 1 is 1.25 bits per heavy atom. The molecule has 0 aromatic rings. The highest BCUT2D eigenvalue weighted by atomic mass is 16.4. The van der Waals surface area contributed by atoms with Crippen molar-refractivity contribution in [2.24, 2.45) is 5.41 Å². The Morgan fingerprint density at radius 3 is 2.25 bits per heavy atom. The lowest BCUT2D eigenvalue weighted by molar-refractivity contribution is -0.317. The van der Waals surface area contributed by atoms with E-state index in [4.69, 9.17) is 0 Å². The van der Waals surface area contributed by atoms with E-state index in [1.807, 2.05) is 0 Å². The minimum atomic E-state index is -0.931. The number of unbranched alkanes of at least 4 members (excludes halogenated alkanes) is 3. The van der Waals surface area contributed by atoms with Gasteiger partial charge in [-0.15, -0.1) is 0 Å². The molecular formula is C10H19O2-. The van der Waals surface area contributed by atoms with Crippen molar-refractivity contribution in [3.05, 3.63) is 0 Å². The van der Waals surface area contributed by atoms with E-state index < -0.39 is 11.4 Å². The topological polar surface area (TPSA) is 40.1 Å². The Hall–Kier alpha value is -0.530. The second kappa shape index (κ2) is 5.18. The van der Waals surface area contributed by atoms with Crippen LogP contribution in [0.4, 0.5) is 0 Å². The van der Waals surface area contributed by atoms with Crippen LogP contribution in [0.25, 0.3) is 0 Å². The highest BCUT2D eigenvalue weighted by Gasteiger charge is 2.17. The van der Waals surface area contributed by atoms with Crippen LogP contribution in [0.15, 0.2) is 0 Å². The van der Waals surface area contributed by atoms with Crippen LogP contribution < -0.4 is 5.11 Å². The first-order valence-corrected chi connectivity index (χ1v) is 4.72. The predicted molar refractivity (Wildman–Crippen MR) is 47.5 cm³/mol. The lowest BCUT2D eigenvalue weighted by Gasteiger charge is -2.25. The van der Waals surface area contributed by atoms with E-state index in [-0.39, 0.29) is 0 Å². The highest BCUT2D eigenvalue weighted by Crippen LogP contribution is 2.22. The van der Waals surface area contributed by atoms with Gasteiger partial charge in [-0.2, -0.15) is 0 Å². The molecular weight excluding hydrogens is 152 g/mol. The average molecular weight is 171 g/mol. The second-order valence-corrected chi connectivity index (χ2v) is 3.98. The Morgan fingerprint density at radius 2 is 1.83 bits per heavy atom. The first kappa shape index (κ1) is 11.5. The molecule has 0 aromatic heterocycles. The van der Waals surface area contributed by atoms with E-state index in [0.717, 1.165) is 19.3 Å². The van der Waals surface area contributed by atoms with Gasteiger partial charge in [0.1, 0.15) is 0 Å². The molecule has 0 spiro atoms. The van der Waals surface area contributed by atoms with Gasteiger partial charge >= 0.3 is 0 Å². The van der Waals surface area contributed by atoms with Crippen LogP contribution in [0.3, 0.4) is 0 Å². The number of carboxylic acids is 1. The Kier molecular flexibility index (Phi) is 4.95. The van der Waals surface area contributed by atoms with Crippen LogP contribution in [-0.4, -0.2) is 5.97 Å². The molecule has 0 aliphatic rings. The van der Waals surface area contributed by atoms with Gasteiger partial charge < -0.3 is 9.90 Å². The summed E-state index contributed by atoms with van der Waals surface area (Å²) in [6.07, 6.45) is 5.24. The second-order valence-electron chi connectivity index (χ2n) is 3.98. The molecule has 0 heterocycles. The summed E-state index contributed by atoms with van der Waals surface area (Å²) >= 11 is 0. The molecule has 0 aliphatic heterocycles. The Bertz CT molecular complexity index is 139. The number of carboxylic acid groups (broad SMARTS) is 1. The van der Waals surface area contributed by atoms with E-state index in [9.17, 15) is 9.90 Å². The van der Waals surface area contributed by atoms with Crippen molar-refractivity contribution >= 4 is 5.97 Å². The third-order valence-electron chi connectivity index (χ3n) is 2.21. The molecule has 0 unspecified atom stereocenters. The number of aliphatic carboxylic acids is 1. The quantitative estimate of drug-likeness (QED) is 0.571. The molecule has 0 amide bonds. The molecule has 0 radical (unpaired) electrons. The number of hydrogen-bond donors (Lipinski definition) is 0. The maximum Gasteiger partial charge on any atom is 0.0470 e. The van der Waals surface area contributed by atoms with Crippen LogP contribution in [0, 0.1) is 5.41 Å². The Balaban J connectivity index is 3.54. The molecule has 72 valence electrons. The van der Waals surface area contributed by atoms with Crippen molar-refractivity contribution in [1.82, 2.24) is 0 Å². The predicted octanol–water partition coefficient (Wildman–Crippen LogP) is 1.73. The van der Waals surface area contributed by atoms with Gasteiger partial charge in [0, 0.05) is 11.4 Å². The van der Waals surface area contributed by atoms with Crippen molar-refractivity contribution < 1.29 is 9.90 Å². The number of hydrogen-bond acceptors (Lipinski definition) is 2. The van der Waals surface area contributed by atoms with Crippen molar-refractivity contribution in [3.8, 4) is 0 Å². The van der Waals surface area contributed by atoms with Gasteiger partial charge in [-0.3, -0.25) is 0 Å². The van der Waals surface area contributed by atoms with E-state index in [1.165, 1.54) is 12.8 Å². The smallest absolute Gasteiger partial charge is 0.0470 e. The van der Waals surface area contributed by atoms with E-state index >= 15 is 0 Å². The monoisotopic (exact) mass is 171 g/mol. The standard InChI is InChI=1S/C10H20O2/c1-4-5-6-7-8-10(2,3)9(11)12/h4-8H2,1-3H3,(H,11,12)/p-1. The first-order chi connectivity index (χ1) is 5.50. The molecule has 0 N–H and O–H groups in total. The fourth-order valence-corrected chi connectivity index (χ4v) is 1.10. The summed E-state index contributed by atoms with van der Waals surface area (Å²) in [5, 5.41) is 10.6. The van der Waals surface area contributed by atoms with Gasteiger partial charge in [0.05, 0.1) is 0 Å². The largest absolute Gasteiger partial charge is 0.550 e.